The van der Waals surface area contributed by atoms with Crippen molar-refractivity contribution in [3.63, 3.8) is 0 Å². The highest BCUT2D eigenvalue weighted by atomic mass is 16.3. The summed E-state index contributed by atoms with van der Waals surface area (Å²) in [5, 5.41) is 12.5. The van der Waals surface area contributed by atoms with Crippen LogP contribution in [0.15, 0.2) is 42.5 Å². The number of fused-ring (bicyclic) bond motifs is 1. The van der Waals surface area contributed by atoms with Gasteiger partial charge in [0.1, 0.15) is 5.75 Å². The minimum absolute atomic E-state index is 0.168. The van der Waals surface area contributed by atoms with Crippen LogP contribution < -0.4 is 16.0 Å². The number of carbonyl (C=O) groups is 1. The molecule has 0 spiro atoms. The van der Waals surface area contributed by atoms with Gasteiger partial charge >= 0.3 is 6.03 Å². The molecule has 1 aliphatic rings. The molecule has 0 aromatic heterocycles. The predicted octanol–water partition coefficient (Wildman–Crippen LogP) is 3.35. The Kier molecular flexibility index (Phi) is 3.87. The topological polar surface area (TPSA) is 78.6 Å². The van der Waals surface area contributed by atoms with Crippen molar-refractivity contribution in [3.05, 3.63) is 48.0 Å². The summed E-state index contributed by atoms with van der Waals surface area (Å²) in [6.07, 6.45) is 2.81. The number of benzene rings is 2. The van der Waals surface area contributed by atoms with Crippen LogP contribution in [0.1, 0.15) is 18.4 Å². The van der Waals surface area contributed by atoms with E-state index in [1.807, 2.05) is 0 Å². The van der Waals surface area contributed by atoms with Crippen LogP contribution in [0.25, 0.3) is 0 Å². The Bertz CT molecular complexity index is 683. The maximum absolute atomic E-state index is 12.6. The number of nitrogens with two attached hydrogens (primary N) is 1. The van der Waals surface area contributed by atoms with Gasteiger partial charge in [-0.15, -0.1) is 0 Å². The Balaban J connectivity index is 1.84. The third kappa shape index (κ3) is 2.98. The molecule has 22 heavy (non-hydrogen) atoms. The van der Waals surface area contributed by atoms with Crippen LogP contribution in [-0.2, 0) is 6.42 Å². The molecule has 1 heterocycles. The van der Waals surface area contributed by atoms with Crippen molar-refractivity contribution in [3.8, 4) is 5.75 Å². The first kappa shape index (κ1) is 14.3. The fourth-order valence-corrected chi connectivity index (χ4v) is 2.71. The molecule has 2 aromatic carbocycles. The molecule has 5 nitrogen and oxygen atoms in total. The molecular weight excluding hydrogens is 278 g/mol. The highest BCUT2D eigenvalue weighted by molar-refractivity contribution is 6.02. The number of nitrogen functional groups attached to an aromatic ring is 1. The van der Waals surface area contributed by atoms with E-state index in [0.717, 1.165) is 30.5 Å². The van der Waals surface area contributed by atoms with Crippen LogP contribution in [0, 0.1) is 0 Å². The summed E-state index contributed by atoms with van der Waals surface area (Å²) in [5.74, 6) is 0.236. The van der Waals surface area contributed by atoms with E-state index in [9.17, 15) is 9.90 Å². The maximum atomic E-state index is 12.6. The SMILES string of the molecule is Nc1ccc(NC(=O)N2CCCCc3cc(O)ccc32)cc1. The molecule has 4 N–H and O–H groups in total. The lowest BCUT2D eigenvalue weighted by Crippen LogP contribution is -2.35. The van der Waals surface area contributed by atoms with Crippen LogP contribution in [0.4, 0.5) is 21.9 Å². The molecule has 0 aliphatic carbocycles. The number of nitrogens with one attached hydrogen (secondary N) is 1. The van der Waals surface area contributed by atoms with Crippen LogP contribution in [0.3, 0.4) is 0 Å². The Labute approximate surface area is 129 Å². The number of phenols is 1. The first-order chi connectivity index (χ1) is 10.6. The Hall–Kier alpha value is -2.69. The molecule has 0 atom stereocenters. The van der Waals surface area contributed by atoms with Gasteiger partial charge in [0, 0.05) is 23.6 Å². The van der Waals surface area contributed by atoms with Gasteiger partial charge in [-0.2, -0.15) is 0 Å². The van der Waals surface area contributed by atoms with E-state index >= 15 is 0 Å². The number of amides is 2. The van der Waals surface area contributed by atoms with Gasteiger partial charge in [-0.25, -0.2) is 4.79 Å². The molecular formula is C17H19N3O2. The average Bonchev–Trinajstić information content (AvgIpc) is 2.71. The van der Waals surface area contributed by atoms with E-state index in [1.165, 1.54) is 0 Å². The summed E-state index contributed by atoms with van der Waals surface area (Å²) in [6, 6.07) is 12.1. The van der Waals surface area contributed by atoms with Crippen LogP contribution in [0.5, 0.6) is 5.75 Å². The lowest BCUT2D eigenvalue weighted by Gasteiger charge is -2.23. The summed E-state index contributed by atoms with van der Waals surface area (Å²) in [4.78, 5) is 14.3. The summed E-state index contributed by atoms with van der Waals surface area (Å²) >= 11 is 0. The number of rotatable bonds is 1. The van der Waals surface area contributed by atoms with E-state index < -0.39 is 0 Å². The van der Waals surface area contributed by atoms with Gasteiger partial charge in [0.25, 0.3) is 0 Å². The molecule has 0 saturated heterocycles. The van der Waals surface area contributed by atoms with Crippen molar-refractivity contribution < 1.29 is 9.90 Å². The lowest BCUT2D eigenvalue weighted by molar-refractivity contribution is 0.257. The number of aromatic hydroxyl groups is 1. The maximum Gasteiger partial charge on any atom is 0.326 e. The first-order valence-corrected chi connectivity index (χ1v) is 7.39. The zero-order chi connectivity index (χ0) is 15.5. The molecule has 0 saturated carbocycles. The smallest absolute Gasteiger partial charge is 0.326 e. The molecule has 5 heteroatoms. The molecule has 0 radical (unpaired) electrons. The third-order valence-corrected chi connectivity index (χ3v) is 3.84. The first-order valence-electron chi connectivity index (χ1n) is 7.39. The summed E-state index contributed by atoms with van der Waals surface area (Å²) in [6.45, 7) is 0.665. The fraction of sp³-hybridized carbons (Fsp3) is 0.235. The zero-order valence-corrected chi connectivity index (χ0v) is 12.2. The molecule has 0 unspecified atom stereocenters. The highest BCUT2D eigenvalue weighted by Gasteiger charge is 2.21. The van der Waals surface area contributed by atoms with Gasteiger partial charge in [-0.1, -0.05) is 0 Å². The summed E-state index contributed by atoms with van der Waals surface area (Å²) < 4.78 is 0. The van der Waals surface area contributed by atoms with Crippen LogP contribution in [-0.4, -0.2) is 17.7 Å². The van der Waals surface area contributed by atoms with E-state index in [4.69, 9.17) is 5.73 Å². The number of urea groups is 1. The molecule has 0 bridgehead atoms. The number of hydrogen-bond acceptors (Lipinski definition) is 3. The number of anilines is 3. The van der Waals surface area contributed by atoms with Crippen molar-refractivity contribution in [1.29, 1.82) is 0 Å². The number of aryl methyl sites for hydroxylation is 1. The molecule has 114 valence electrons. The summed E-state index contributed by atoms with van der Waals surface area (Å²) in [7, 11) is 0. The van der Waals surface area contributed by atoms with Crippen molar-refractivity contribution in [2.75, 3.05) is 22.5 Å². The van der Waals surface area contributed by atoms with E-state index in [1.54, 1.807) is 47.4 Å². The monoisotopic (exact) mass is 297 g/mol. The third-order valence-electron chi connectivity index (χ3n) is 3.84. The summed E-state index contributed by atoms with van der Waals surface area (Å²) in [5.41, 5.74) is 8.89. The number of phenolic OH excluding ortho intramolecular Hbond substituents is 1. The normalized spacial score (nSPS) is 14.1. The second-order valence-electron chi connectivity index (χ2n) is 5.47. The van der Waals surface area contributed by atoms with Gasteiger partial charge in [0.2, 0.25) is 0 Å². The van der Waals surface area contributed by atoms with Crippen LogP contribution >= 0.6 is 0 Å². The van der Waals surface area contributed by atoms with E-state index in [2.05, 4.69) is 5.32 Å². The van der Waals surface area contributed by atoms with Crippen molar-refractivity contribution in [2.24, 2.45) is 0 Å². The van der Waals surface area contributed by atoms with Crippen molar-refractivity contribution in [2.45, 2.75) is 19.3 Å². The fourth-order valence-electron chi connectivity index (χ4n) is 2.71. The van der Waals surface area contributed by atoms with Gasteiger partial charge in [0.15, 0.2) is 0 Å². The van der Waals surface area contributed by atoms with Crippen molar-refractivity contribution >= 4 is 23.1 Å². The number of hydrogen-bond donors (Lipinski definition) is 3. The second kappa shape index (κ2) is 5.97. The Morgan fingerprint density at radius 1 is 1.14 bits per heavy atom. The highest BCUT2D eigenvalue weighted by Crippen LogP contribution is 2.30. The quantitative estimate of drug-likeness (QED) is 0.706. The van der Waals surface area contributed by atoms with Gasteiger partial charge < -0.3 is 16.2 Å². The average molecular weight is 297 g/mol. The van der Waals surface area contributed by atoms with Gasteiger partial charge in [0.05, 0.1) is 0 Å². The minimum atomic E-state index is -0.168. The number of carbonyl (C=O) groups excluding carboxylic acids is 1. The molecule has 0 fully saturated rings. The van der Waals surface area contributed by atoms with E-state index in [0.29, 0.717) is 17.9 Å². The van der Waals surface area contributed by atoms with Gasteiger partial charge in [-0.05, 0) is 67.3 Å². The van der Waals surface area contributed by atoms with E-state index in [-0.39, 0.29) is 11.8 Å². The zero-order valence-electron chi connectivity index (χ0n) is 12.2. The predicted molar refractivity (Wildman–Crippen MR) is 88.3 cm³/mol. The molecule has 3 rings (SSSR count). The second-order valence-corrected chi connectivity index (χ2v) is 5.47. The lowest BCUT2D eigenvalue weighted by atomic mass is 10.1. The minimum Gasteiger partial charge on any atom is -0.508 e. The Morgan fingerprint density at radius 3 is 2.68 bits per heavy atom. The molecule has 1 aliphatic heterocycles. The van der Waals surface area contributed by atoms with Crippen LogP contribution in [0.2, 0.25) is 0 Å². The molecule has 2 aromatic rings. The van der Waals surface area contributed by atoms with Crippen molar-refractivity contribution in [1.82, 2.24) is 0 Å². The Morgan fingerprint density at radius 2 is 1.91 bits per heavy atom. The standard InChI is InChI=1S/C17H19N3O2/c18-13-4-6-14(7-5-13)19-17(22)20-10-2-1-3-12-11-15(21)8-9-16(12)20/h4-9,11,21H,1-3,10,18H2,(H,19,22). The largest absolute Gasteiger partial charge is 0.508 e. The molecule has 2 amide bonds. The van der Waals surface area contributed by atoms with Gasteiger partial charge in [-0.3, -0.25) is 4.90 Å². The number of nitrogens with zero attached hydrogens (tertiary/aromatic N) is 1.